The van der Waals surface area contributed by atoms with Gasteiger partial charge in [-0.25, -0.2) is 0 Å². The van der Waals surface area contributed by atoms with Gasteiger partial charge in [0, 0.05) is 0 Å². The number of hydrogen-bond acceptors (Lipinski definition) is 1. The van der Waals surface area contributed by atoms with Gasteiger partial charge in [-0.15, -0.1) is 0 Å². The summed E-state index contributed by atoms with van der Waals surface area (Å²) in [6.07, 6.45) is 14.6. The Kier molecular flexibility index (Phi) is 14.5. The highest BCUT2D eigenvalue weighted by molar-refractivity contribution is 4.93. The number of nitrogens with one attached hydrogen (secondary N) is 1. The first-order valence-electron chi connectivity index (χ1n) is 8.18. The summed E-state index contributed by atoms with van der Waals surface area (Å²) >= 11 is 0. The molecule has 0 spiro atoms. The highest BCUT2D eigenvalue weighted by Crippen LogP contribution is 2.11. The first-order chi connectivity index (χ1) is 8.81. The van der Waals surface area contributed by atoms with E-state index in [1.165, 1.54) is 89.3 Å². The summed E-state index contributed by atoms with van der Waals surface area (Å²) < 4.78 is 0. The van der Waals surface area contributed by atoms with Crippen molar-refractivity contribution in [1.82, 2.24) is 5.32 Å². The molecular weight excluding hydrogens is 218 g/mol. The van der Waals surface area contributed by atoms with E-state index in [-0.39, 0.29) is 0 Å². The minimum absolute atomic E-state index is 1.17. The largest absolute Gasteiger partial charge is 0.317 e. The molecule has 0 atom stereocenters. The molecule has 0 amide bonds. The zero-order chi connectivity index (χ0) is 13.5. The molecule has 0 aliphatic carbocycles. The van der Waals surface area contributed by atoms with Crippen LogP contribution < -0.4 is 5.32 Å². The van der Waals surface area contributed by atoms with Gasteiger partial charge >= 0.3 is 0 Å². The van der Waals surface area contributed by atoms with E-state index in [1.807, 2.05) is 0 Å². The van der Waals surface area contributed by atoms with Crippen LogP contribution in [0, 0.1) is 0 Å². The predicted octanol–water partition coefficient (Wildman–Crippen LogP) is 5.46. The van der Waals surface area contributed by atoms with Crippen LogP contribution in [0.15, 0.2) is 12.2 Å². The SMILES string of the molecule is C=C(CCCCC)CCCNCCCCCCC. The molecule has 0 aromatic carbocycles. The van der Waals surface area contributed by atoms with Crippen molar-refractivity contribution in [1.29, 1.82) is 0 Å². The summed E-state index contributed by atoms with van der Waals surface area (Å²) in [6, 6.07) is 0. The fourth-order valence-corrected chi connectivity index (χ4v) is 2.19. The summed E-state index contributed by atoms with van der Waals surface area (Å²) in [5, 5.41) is 3.54. The summed E-state index contributed by atoms with van der Waals surface area (Å²) in [5.41, 5.74) is 1.45. The van der Waals surface area contributed by atoms with Gasteiger partial charge in [-0.3, -0.25) is 0 Å². The zero-order valence-corrected chi connectivity index (χ0v) is 12.9. The fraction of sp³-hybridized carbons (Fsp3) is 0.882. The minimum Gasteiger partial charge on any atom is -0.317 e. The van der Waals surface area contributed by atoms with Crippen molar-refractivity contribution in [3.63, 3.8) is 0 Å². The molecule has 0 bridgehead atoms. The second-order valence-corrected chi connectivity index (χ2v) is 5.47. The lowest BCUT2D eigenvalue weighted by Crippen LogP contribution is -2.16. The van der Waals surface area contributed by atoms with Crippen LogP contribution >= 0.6 is 0 Å². The number of rotatable bonds is 14. The average molecular weight is 253 g/mol. The molecule has 0 aromatic rings. The van der Waals surface area contributed by atoms with Crippen molar-refractivity contribution < 1.29 is 0 Å². The van der Waals surface area contributed by atoms with Gasteiger partial charge in [-0.05, 0) is 45.2 Å². The summed E-state index contributed by atoms with van der Waals surface area (Å²) in [5.74, 6) is 0. The Morgan fingerprint density at radius 2 is 1.28 bits per heavy atom. The first-order valence-corrected chi connectivity index (χ1v) is 8.18. The second kappa shape index (κ2) is 14.8. The first kappa shape index (κ1) is 17.7. The third-order valence-corrected chi connectivity index (χ3v) is 3.47. The molecular formula is C17H35N. The standard InChI is InChI=1S/C17H35N/c1-4-6-8-9-11-15-18-16-12-14-17(3)13-10-7-5-2/h18H,3-16H2,1-2H3. The Morgan fingerprint density at radius 1 is 0.722 bits per heavy atom. The average Bonchev–Trinajstić information content (AvgIpc) is 2.37. The maximum atomic E-state index is 4.17. The van der Waals surface area contributed by atoms with E-state index in [0.717, 1.165) is 0 Å². The van der Waals surface area contributed by atoms with Crippen LogP contribution in [-0.4, -0.2) is 13.1 Å². The molecule has 0 fully saturated rings. The zero-order valence-electron chi connectivity index (χ0n) is 12.9. The number of hydrogen-bond donors (Lipinski definition) is 1. The molecule has 0 unspecified atom stereocenters. The molecule has 0 radical (unpaired) electrons. The lowest BCUT2D eigenvalue weighted by molar-refractivity contribution is 0.570. The van der Waals surface area contributed by atoms with Crippen LogP contribution in [0.5, 0.6) is 0 Å². The van der Waals surface area contributed by atoms with E-state index >= 15 is 0 Å². The normalized spacial score (nSPS) is 10.8. The van der Waals surface area contributed by atoms with Crippen molar-refractivity contribution in [2.75, 3.05) is 13.1 Å². The molecule has 0 saturated carbocycles. The molecule has 0 saturated heterocycles. The Hall–Kier alpha value is -0.300. The van der Waals surface area contributed by atoms with E-state index in [1.54, 1.807) is 0 Å². The van der Waals surface area contributed by atoms with E-state index in [0.29, 0.717) is 0 Å². The van der Waals surface area contributed by atoms with E-state index in [2.05, 4.69) is 25.7 Å². The van der Waals surface area contributed by atoms with E-state index < -0.39 is 0 Å². The lowest BCUT2D eigenvalue weighted by atomic mass is 10.0. The fourth-order valence-electron chi connectivity index (χ4n) is 2.19. The molecule has 0 heterocycles. The quantitative estimate of drug-likeness (QED) is 0.320. The monoisotopic (exact) mass is 253 g/mol. The molecule has 0 aliphatic heterocycles. The van der Waals surface area contributed by atoms with E-state index in [9.17, 15) is 0 Å². The second-order valence-electron chi connectivity index (χ2n) is 5.47. The van der Waals surface area contributed by atoms with Crippen LogP contribution in [0.1, 0.15) is 84.5 Å². The molecule has 1 N–H and O–H groups in total. The number of unbranched alkanes of at least 4 members (excludes halogenated alkanes) is 6. The minimum atomic E-state index is 1.17. The van der Waals surface area contributed by atoms with Gasteiger partial charge in [-0.2, -0.15) is 0 Å². The lowest BCUT2D eigenvalue weighted by Gasteiger charge is -2.07. The topological polar surface area (TPSA) is 12.0 Å². The predicted molar refractivity (Wildman–Crippen MR) is 84.1 cm³/mol. The summed E-state index contributed by atoms with van der Waals surface area (Å²) in [7, 11) is 0. The smallest absolute Gasteiger partial charge is 0.00459 e. The van der Waals surface area contributed by atoms with Gasteiger partial charge in [0.25, 0.3) is 0 Å². The van der Waals surface area contributed by atoms with Crippen LogP contribution in [0.3, 0.4) is 0 Å². The highest BCUT2D eigenvalue weighted by Gasteiger charge is 1.95. The highest BCUT2D eigenvalue weighted by atomic mass is 14.8. The molecule has 0 aliphatic rings. The van der Waals surface area contributed by atoms with Crippen LogP contribution in [0.2, 0.25) is 0 Å². The van der Waals surface area contributed by atoms with Crippen molar-refractivity contribution in [2.45, 2.75) is 84.5 Å². The van der Waals surface area contributed by atoms with Crippen molar-refractivity contribution in [2.24, 2.45) is 0 Å². The molecule has 0 rings (SSSR count). The van der Waals surface area contributed by atoms with Crippen LogP contribution in [-0.2, 0) is 0 Å². The Morgan fingerprint density at radius 3 is 2.00 bits per heavy atom. The van der Waals surface area contributed by atoms with Gasteiger partial charge < -0.3 is 5.32 Å². The third kappa shape index (κ3) is 13.8. The van der Waals surface area contributed by atoms with Crippen LogP contribution in [0.25, 0.3) is 0 Å². The third-order valence-electron chi connectivity index (χ3n) is 3.47. The summed E-state index contributed by atoms with van der Waals surface area (Å²) in [4.78, 5) is 0. The van der Waals surface area contributed by atoms with Crippen LogP contribution in [0.4, 0.5) is 0 Å². The molecule has 18 heavy (non-hydrogen) atoms. The van der Waals surface area contributed by atoms with Gasteiger partial charge in [-0.1, -0.05) is 64.5 Å². The Balaban J connectivity index is 3.08. The van der Waals surface area contributed by atoms with Crippen molar-refractivity contribution in [3.05, 3.63) is 12.2 Å². The van der Waals surface area contributed by atoms with Gasteiger partial charge in [0.05, 0.1) is 0 Å². The van der Waals surface area contributed by atoms with Gasteiger partial charge in [0.1, 0.15) is 0 Å². The number of allylic oxidation sites excluding steroid dienone is 1. The Bertz CT molecular complexity index is 174. The van der Waals surface area contributed by atoms with E-state index in [4.69, 9.17) is 0 Å². The van der Waals surface area contributed by atoms with Gasteiger partial charge in [0.2, 0.25) is 0 Å². The van der Waals surface area contributed by atoms with Gasteiger partial charge in [0.15, 0.2) is 0 Å². The summed E-state index contributed by atoms with van der Waals surface area (Å²) in [6.45, 7) is 11.1. The van der Waals surface area contributed by atoms with Crippen molar-refractivity contribution in [3.8, 4) is 0 Å². The molecule has 1 nitrogen and oxygen atoms in total. The molecule has 108 valence electrons. The maximum Gasteiger partial charge on any atom is -0.00459 e. The Labute approximate surface area is 115 Å². The molecule has 1 heteroatoms. The molecule has 0 aromatic heterocycles. The maximum absolute atomic E-state index is 4.17. The van der Waals surface area contributed by atoms with Crippen molar-refractivity contribution >= 4 is 0 Å².